The van der Waals surface area contributed by atoms with Crippen LogP contribution >= 0.6 is 0 Å². The van der Waals surface area contributed by atoms with Crippen LogP contribution in [0.5, 0.6) is 0 Å². The fourth-order valence-corrected chi connectivity index (χ4v) is 4.85. The third kappa shape index (κ3) is 4.62. The number of aliphatic imine (C=N–C) groups is 1. The summed E-state index contributed by atoms with van der Waals surface area (Å²) >= 11 is 0. The quantitative estimate of drug-likeness (QED) is 0.581. The van der Waals surface area contributed by atoms with Gasteiger partial charge in [0, 0.05) is 5.56 Å². The van der Waals surface area contributed by atoms with E-state index in [4.69, 9.17) is 0 Å². The molecule has 4 rings (SSSR count). The highest BCUT2D eigenvalue weighted by atomic mass is 32.2. The molecule has 0 saturated carbocycles. The van der Waals surface area contributed by atoms with E-state index in [2.05, 4.69) is 15.0 Å². The summed E-state index contributed by atoms with van der Waals surface area (Å²) in [4.78, 5) is 4.10. The molecule has 0 bridgehead atoms. The van der Waals surface area contributed by atoms with Crippen LogP contribution in [0.1, 0.15) is 29.5 Å². The first-order chi connectivity index (χ1) is 15.2. The van der Waals surface area contributed by atoms with Crippen molar-refractivity contribution in [2.24, 2.45) is 4.99 Å². The molecule has 166 valence electrons. The summed E-state index contributed by atoms with van der Waals surface area (Å²) < 4.78 is 69.4. The number of benzene rings is 3. The monoisotopic (exact) mass is 459 g/mol. The van der Waals surface area contributed by atoms with E-state index in [-0.39, 0.29) is 34.5 Å². The molecule has 1 atom stereocenters. The van der Waals surface area contributed by atoms with Crippen molar-refractivity contribution in [1.29, 1.82) is 0 Å². The van der Waals surface area contributed by atoms with Crippen molar-refractivity contribution < 1.29 is 21.6 Å². The molecule has 2 N–H and O–H groups in total. The first-order valence-corrected chi connectivity index (χ1v) is 11.4. The van der Waals surface area contributed by atoms with Crippen molar-refractivity contribution in [1.82, 2.24) is 4.72 Å². The largest absolute Gasteiger partial charge is 0.324 e. The smallest absolute Gasteiger partial charge is 0.266 e. The number of nitrogens with one attached hydrogen (secondary N) is 2. The van der Waals surface area contributed by atoms with E-state index in [0.29, 0.717) is 12.0 Å². The molecule has 0 saturated heterocycles. The molecular weight excluding hydrogens is 439 g/mol. The van der Waals surface area contributed by atoms with Crippen LogP contribution in [0.3, 0.4) is 0 Å². The van der Waals surface area contributed by atoms with E-state index in [9.17, 15) is 21.6 Å². The SMILES string of the molecule is CC(Cc1ccc(F)cc1)c1c(F)ccc2c1NC(=NCc1cccc(F)c1)NS2(=O)=O. The highest BCUT2D eigenvalue weighted by Crippen LogP contribution is 2.36. The molecule has 5 nitrogen and oxygen atoms in total. The molecule has 0 radical (unpaired) electrons. The zero-order chi connectivity index (χ0) is 22.9. The number of fused-ring (bicyclic) bond motifs is 1. The Morgan fingerprint density at radius 1 is 0.938 bits per heavy atom. The summed E-state index contributed by atoms with van der Waals surface area (Å²) in [7, 11) is -3.99. The summed E-state index contributed by atoms with van der Waals surface area (Å²) in [6.07, 6.45) is 0.374. The Bertz CT molecular complexity index is 1290. The van der Waals surface area contributed by atoms with Gasteiger partial charge in [-0.3, -0.25) is 0 Å². The zero-order valence-corrected chi connectivity index (χ0v) is 17.9. The van der Waals surface area contributed by atoms with Gasteiger partial charge >= 0.3 is 0 Å². The lowest BCUT2D eigenvalue weighted by atomic mass is 9.92. The molecule has 1 heterocycles. The Kier molecular flexibility index (Phi) is 5.92. The van der Waals surface area contributed by atoms with Crippen molar-refractivity contribution in [2.45, 2.75) is 30.7 Å². The van der Waals surface area contributed by atoms with Crippen molar-refractivity contribution in [3.05, 3.63) is 94.8 Å². The van der Waals surface area contributed by atoms with Gasteiger partial charge in [-0.1, -0.05) is 31.2 Å². The van der Waals surface area contributed by atoms with Gasteiger partial charge < -0.3 is 5.32 Å². The fraction of sp³-hybridized carbons (Fsp3) is 0.174. The van der Waals surface area contributed by atoms with Gasteiger partial charge in [-0.05, 0) is 59.9 Å². The molecule has 0 aliphatic carbocycles. The van der Waals surface area contributed by atoms with Crippen LogP contribution in [0.15, 0.2) is 70.6 Å². The Morgan fingerprint density at radius 3 is 2.41 bits per heavy atom. The molecule has 9 heteroatoms. The van der Waals surface area contributed by atoms with E-state index < -0.39 is 27.6 Å². The molecule has 0 amide bonds. The van der Waals surface area contributed by atoms with Gasteiger partial charge in [0.2, 0.25) is 5.96 Å². The number of anilines is 1. The molecule has 1 aliphatic rings. The van der Waals surface area contributed by atoms with Gasteiger partial charge in [0.05, 0.1) is 12.2 Å². The predicted octanol–water partition coefficient (Wildman–Crippen LogP) is 4.71. The third-order valence-corrected chi connectivity index (χ3v) is 6.56. The Hall–Kier alpha value is -3.33. The molecule has 32 heavy (non-hydrogen) atoms. The first-order valence-electron chi connectivity index (χ1n) is 9.88. The number of rotatable bonds is 5. The number of nitrogens with zero attached hydrogens (tertiary/aromatic N) is 1. The lowest BCUT2D eigenvalue weighted by molar-refractivity contribution is 0.579. The average Bonchev–Trinajstić information content (AvgIpc) is 2.73. The van der Waals surface area contributed by atoms with Crippen LogP contribution in [-0.4, -0.2) is 14.4 Å². The lowest BCUT2D eigenvalue weighted by Crippen LogP contribution is -2.41. The van der Waals surface area contributed by atoms with Crippen LogP contribution < -0.4 is 10.0 Å². The number of guanidine groups is 1. The fourth-order valence-electron chi connectivity index (χ4n) is 3.69. The van der Waals surface area contributed by atoms with Gasteiger partial charge in [-0.15, -0.1) is 0 Å². The number of halogens is 3. The normalized spacial score (nSPS) is 16.7. The number of hydrogen-bond acceptors (Lipinski definition) is 3. The molecule has 3 aromatic carbocycles. The summed E-state index contributed by atoms with van der Waals surface area (Å²) in [5, 5.41) is 2.89. The minimum Gasteiger partial charge on any atom is -0.324 e. The van der Waals surface area contributed by atoms with Gasteiger partial charge in [0.25, 0.3) is 10.0 Å². The summed E-state index contributed by atoms with van der Waals surface area (Å²) in [5.74, 6) is -1.86. The van der Waals surface area contributed by atoms with Crippen molar-refractivity contribution in [3.63, 3.8) is 0 Å². The maximum atomic E-state index is 14.9. The zero-order valence-electron chi connectivity index (χ0n) is 17.1. The van der Waals surface area contributed by atoms with E-state index in [1.165, 1.54) is 36.4 Å². The van der Waals surface area contributed by atoms with Crippen LogP contribution in [-0.2, 0) is 23.0 Å². The minimum absolute atomic E-state index is 0.0216. The molecule has 0 fully saturated rings. The van der Waals surface area contributed by atoms with Crippen molar-refractivity contribution in [3.8, 4) is 0 Å². The highest BCUT2D eigenvalue weighted by molar-refractivity contribution is 7.90. The van der Waals surface area contributed by atoms with Gasteiger partial charge in [-0.2, -0.15) is 0 Å². The number of hydrogen-bond donors (Lipinski definition) is 2. The maximum absolute atomic E-state index is 14.9. The topological polar surface area (TPSA) is 70.6 Å². The second-order valence-corrected chi connectivity index (χ2v) is 9.24. The summed E-state index contributed by atoms with van der Waals surface area (Å²) in [5.41, 5.74) is 1.63. The molecule has 1 aliphatic heterocycles. The van der Waals surface area contributed by atoms with E-state index in [0.717, 1.165) is 11.6 Å². The highest BCUT2D eigenvalue weighted by Gasteiger charge is 2.31. The van der Waals surface area contributed by atoms with Crippen LogP contribution in [0.4, 0.5) is 18.9 Å². The molecule has 0 spiro atoms. The van der Waals surface area contributed by atoms with E-state index in [1.807, 2.05) is 0 Å². The Morgan fingerprint density at radius 2 is 1.69 bits per heavy atom. The predicted molar refractivity (Wildman–Crippen MR) is 116 cm³/mol. The second-order valence-electron chi connectivity index (χ2n) is 7.59. The first kappa shape index (κ1) is 21.9. The molecular formula is C23H20F3N3O2S. The second kappa shape index (κ2) is 8.66. The standard InChI is InChI=1S/C23H20F3N3O2S/c1-14(11-15-5-7-17(24)8-6-15)21-19(26)9-10-20-22(21)28-23(29-32(20,30)31)27-13-16-3-2-4-18(25)12-16/h2-10,12,14H,11,13H2,1H3,(H2,27,28,29). The number of sulfonamides is 1. The maximum Gasteiger partial charge on any atom is 0.266 e. The third-order valence-electron chi connectivity index (χ3n) is 5.17. The molecule has 0 aromatic heterocycles. The Balaban J connectivity index is 1.68. The lowest BCUT2D eigenvalue weighted by Gasteiger charge is -2.26. The van der Waals surface area contributed by atoms with Crippen molar-refractivity contribution >= 4 is 21.7 Å². The average molecular weight is 459 g/mol. The summed E-state index contributed by atoms with van der Waals surface area (Å²) in [6, 6.07) is 14.0. The van der Waals surface area contributed by atoms with E-state index >= 15 is 0 Å². The molecule has 3 aromatic rings. The molecule has 1 unspecified atom stereocenters. The van der Waals surface area contributed by atoms with Gasteiger partial charge in [0.15, 0.2) is 0 Å². The van der Waals surface area contributed by atoms with Crippen molar-refractivity contribution in [2.75, 3.05) is 5.32 Å². The van der Waals surface area contributed by atoms with Gasteiger partial charge in [0.1, 0.15) is 22.3 Å². The van der Waals surface area contributed by atoms with Crippen LogP contribution in [0, 0.1) is 17.5 Å². The Labute approximate surface area is 184 Å². The minimum atomic E-state index is -3.99. The summed E-state index contributed by atoms with van der Waals surface area (Å²) in [6.45, 7) is 1.79. The van der Waals surface area contributed by atoms with Crippen LogP contribution in [0.25, 0.3) is 0 Å². The van der Waals surface area contributed by atoms with Crippen LogP contribution in [0.2, 0.25) is 0 Å². The van der Waals surface area contributed by atoms with E-state index in [1.54, 1.807) is 25.1 Å². The van der Waals surface area contributed by atoms with Gasteiger partial charge in [-0.25, -0.2) is 31.3 Å².